The molecule has 0 saturated carbocycles. The monoisotopic (exact) mass is 361 g/mol. The van der Waals surface area contributed by atoms with E-state index in [0.29, 0.717) is 26.4 Å². The molecule has 0 radical (unpaired) electrons. The lowest BCUT2D eigenvalue weighted by Crippen LogP contribution is -2.05. The molecule has 2 aromatic carbocycles. The molecule has 3 aromatic rings. The third-order valence-electron chi connectivity index (χ3n) is 4.49. The van der Waals surface area contributed by atoms with Crippen molar-refractivity contribution in [3.05, 3.63) is 101 Å². The van der Waals surface area contributed by atoms with Crippen molar-refractivity contribution in [1.29, 1.82) is 0 Å². The first-order valence-electron chi connectivity index (χ1n) is 9.50. The van der Waals surface area contributed by atoms with Crippen LogP contribution in [0.3, 0.4) is 0 Å². The summed E-state index contributed by atoms with van der Waals surface area (Å²) in [6.07, 6.45) is 1.72. The van der Waals surface area contributed by atoms with E-state index in [4.69, 9.17) is 14.5 Å². The highest BCUT2D eigenvalue weighted by atomic mass is 16.5. The standard InChI is InChI=1S/C24H27NO2/c1-20-23(14-16-26-18-21-8-4-2-5-9-21)12-13-24(25-20)15-17-27-19-22-10-6-3-7-11-22/h2-13H,14-19H2,1H3. The molecule has 0 aliphatic rings. The molecule has 0 unspecified atom stereocenters. The van der Waals surface area contributed by atoms with E-state index in [1.165, 1.54) is 16.7 Å². The summed E-state index contributed by atoms with van der Waals surface area (Å²) in [5.41, 5.74) is 5.82. The van der Waals surface area contributed by atoms with Crippen LogP contribution in [0, 0.1) is 6.92 Å². The predicted molar refractivity (Wildman–Crippen MR) is 109 cm³/mol. The number of hydrogen-bond acceptors (Lipinski definition) is 3. The molecule has 0 saturated heterocycles. The zero-order valence-corrected chi connectivity index (χ0v) is 15.9. The molecule has 0 aliphatic heterocycles. The minimum atomic E-state index is 0.649. The highest BCUT2D eigenvalue weighted by molar-refractivity contribution is 5.22. The third kappa shape index (κ3) is 6.63. The second-order valence-electron chi connectivity index (χ2n) is 6.62. The van der Waals surface area contributed by atoms with Gasteiger partial charge in [0.25, 0.3) is 0 Å². The lowest BCUT2D eigenvalue weighted by Gasteiger charge is -2.09. The van der Waals surface area contributed by atoms with Crippen molar-refractivity contribution in [1.82, 2.24) is 4.98 Å². The molecule has 0 bridgehead atoms. The van der Waals surface area contributed by atoms with E-state index < -0.39 is 0 Å². The Bertz CT molecular complexity index is 803. The second kappa shape index (κ2) is 10.6. The van der Waals surface area contributed by atoms with Crippen LogP contribution in [0.25, 0.3) is 0 Å². The second-order valence-corrected chi connectivity index (χ2v) is 6.62. The van der Waals surface area contributed by atoms with Gasteiger partial charge in [0.1, 0.15) is 0 Å². The molecule has 0 fully saturated rings. The molecule has 140 valence electrons. The first-order valence-corrected chi connectivity index (χ1v) is 9.50. The van der Waals surface area contributed by atoms with E-state index in [1.807, 2.05) is 36.4 Å². The molecule has 1 heterocycles. The maximum atomic E-state index is 5.78. The molecule has 0 N–H and O–H groups in total. The number of ether oxygens (including phenoxy) is 2. The highest BCUT2D eigenvalue weighted by Gasteiger charge is 2.03. The summed E-state index contributed by atoms with van der Waals surface area (Å²) in [4.78, 5) is 4.72. The molecule has 3 rings (SSSR count). The van der Waals surface area contributed by atoms with E-state index in [2.05, 4.69) is 43.3 Å². The van der Waals surface area contributed by atoms with Crippen molar-refractivity contribution in [2.75, 3.05) is 13.2 Å². The van der Waals surface area contributed by atoms with Gasteiger partial charge in [-0.25, -0.2) is 0 Å². The van der Waals surface area contributed by atoms with Crippen LogP contribution < -0.4 is 0 Å². The average Bonchev–Trinajstić information content (AvgIpc) is 2.71. The molecule has 1 aromatic heterocycles. The van der Waals surface area contributed by atoms with Crippen LogP contribution in [0.4, 0.5) is 0 Å². The number of nitrogens with zero attached hydrogens (tertiary/aromatic N) is 1. The number of aromatic nitrogens is 1. The fourth-order valence-corrected chi connectivity index (χ4v) is 2.93. The van der Waals surface area contributed by atoms with Crippen LogP contribution >= 0.6 is 0 Å². The van der Waals surface area contributed by atoms with E-state index in [0.717, 1.165) is 24.2 Å². The number of pyridine rings is 1. The van der Waals surface area contributed by atoms with Crippen LogP contribution in [0.5, 0.6) is 0 Å². The lowest BCUT2D eigenvalue weighted by molar-refractivity contribution is 0.122. The van der Waals surface area contributed by atoms with E-state index in [-0.39, 0.29) is 0 Å². The summed E-state index contributed by atoms with van der Waals surface area (Å²) in [5.74, 6) is 0. The van der Waals surface area contributed by atoms with Gasteiger partial charge in [0.15, 0.2) is 0 Å². The Labute approximate surface area is 162 Å². The normalized spacial score (nSPS) is 10.9. The van der Waals surface area contributed by atoms with Gasteiger partial charge in [-0.05, 0) is 36.1 Å². The molecule has 3 nitrogen and oxygen atoms in total. The lowest BCUT2D eigenvalue weighted by atomic mass is 10.1. The van der Waals surface area contributed by atoms with Gasteiger partial charge in [0.05, 0.1) is 26.4 Å². The van der Waals surface area contributed by atoms with Gasteiger partial charge in [0.2, 0.25) is 0 Å². The van der Waals surface area contributed by atoms with Crippen molar-refractivity contribution in [3.8, 4) is 0 Å². The molecule has 27 heavy (non-hydrogen) atoms. The first-order chi connectivity index (χ1) is 13.3. The van der Waals surface area contributed by atoms with Gasteiger partial charge in [-0.2, -0.15) is 0 Å². The Morgan fingerprint density at radius 3 is 1.78 bits per heavy atom. The zero-order chi connectivity index (χ0) is 18.7. The van der Waals surface area contributed by atoms with Gasteiger partial charge in [0, 0.05) is 17.8 Å². The topological polar surface area (TPSA) is 31.4 Å². The third-order valence-corrected chi connectivity index (χ3v) is 4.49. The molecule has 0 atom stereocenters. The van der Waals surface area contributed by atoms with Crippen LogP contribution in [-0.4, -0.2) is 18.2 Å². The van der Waals surface area contributed by atoms with E-state index in [9.17, 15) is 0 Å². The van der Waals surface area contributed by atoms with Gasteiger partial charge in [-0.3, -0.25) is 4.98 Å². The van der Waals surface area contributed by atoms with Crippen molar-refractivity contribution in [2.24, 2.45) is 0 Å². The molecule has 0 spiro atoms. The minimum Gasteiger partial charge on any atom is -0.376 e. The van der Waals surface area contributed by atoms with Crippen molar-refractivity contribution in [3.63, 3.8) is 0 Å². The van der Waals surface area contributed by atoms with Gasteiger partial charge in [-0.15, -0.1) is 0 Å². The Morgan fingerprint density at radius 2 is 1.22 bits per heavy atom. The Balaban J connectivity index is 1.38. The molecular weight excluding hydrogens is 334 g/mol. The van der Waals surface area contributed by atoms with E-state index >= 15 is 0 Å². The fourth-order valence-electron chi connectivity index (χ4n) is 2.93. The van der Waals surface area contributed by atoms with Crippen molar-refractivity contribution >= 4 is 0 Å². The highest BCUT2D eigenvalue weighted by Crippen LogP contribution is 2.10. The van der Waals surface area contributed by atoms with Crippen LogP contribution in [0.15, 0.2) is 72.8 Å². The van der Waals surface area contributed by atoms with Crippen molar-refractivity contribution < 1.29 is 9.47 Å². The van der Waals surface area contributed by atoms with Crippen LogP contribution in [0.1, 0.15) is 28.1 Å². The maximum absolute atomic E-state index is 5.78. The largest absolute Gasteiger partial charge is 0.376 e. The number of benzene rings is 2. The van der Waals surface area contributed by atoms with Gasteiger partial charge >= 0.3 is 0 Å². The molecule has 0 amide bonds. The van der Waals surface area contributed by atoms with Gasteiger partial charge in [-0.1, -0.05) is 66.7 Å². The SMILES string of the molecule is Cc1nc(CCOCc2ccccc2)ccc1CCOCc1ccccc1. The summed E-state index contributed by atoms with van der Waals surface area (Å²) in [6.45, 7) is 4.76. The fraction of sp³-hybridized carbons (Fsp3) is 0.292. The summed E-state index contributed by atoms with van der Waals surface area (Å²) in [5, 5.41) is 0. The number of rotatable bonds is 10. The molecule has 3 heteroatoms. The smallest absolute Gasteiger partial charge is 0.0717 e. The summed E-state index contributed by atoms with van der Waals surface area (Å²) in [7, 11) is 0. The zero-order valence-electron chi connectivity index (χ0n) is 15.9. The number of hydrogen-bond donors (Lipinski definition) is 0. The Hall–Kier alpha value is -2.49. The quantitative estimate of drug-likeness (QED) is 0.481. The van der Waals surface area contributed by atoms with Crippen LogP contribution in [0.2, 0.25) is 0 Å². The van der Waals surface area contributed by atoms with Gasteiger partial charge < -0.3 is 9.47 Å². The van der Waals surface area contributed by atoms with E-state index in [1.54, 1.807) is 0 Å². The molecular formula is C24H27NO2. The average molecular weight is 361 g/mol. The summed E-state index contributed by atoms with van der Waals surface area (Å²) in [6, 6.07) is 24.8. The molecule has 0 aliphatic carbocycles. The Kier molecular flexibility index (Phi) is 7.57. The maximum Gasteiger partial charge on any atom is 0.0717 e. The predicted octanol–water partition coefficient (Wildman–Crippen LogP) is 4.91. The number of aryl methyl sites for hydroxylation is 1. The Morgan fingerprint density at radius 1 is 0.667 bits per heavy atom. The van der Waals surface area contributed by atoms with Crippen LogP contribution in [-0.2, 0) is 35.5 Å². The summed E-state index contributed by atoms with van der Waals surface area (Å²) >= 11 is 0. The minimum absolute atomic E-state index is 0.649. The summed E-state index contributed by atoms with van der Waals surface area (Å²) < 4.78 is 11.5. The van der Waals surface area contributed by atoms with Crippen molar-refractivity contribution in [2.45, 2.75) is 33.0 Å². The first kappa shape index (κ1) is 19.3.